The average molecular weight is 433 g/mol. The minimum Gasteiger partial charge on any atom is -0.465 e. The molecule has 2 heterocycles. The number of alkyl halides is 3. The first-order chi connectivity index (χ1) is 14.7. The van der Waals surface area contributed by atoms with Crippen molar-refractivity contribution in [2.45, 2.75) is 13.1 Å². The van der Waals surface area contributed by atoms with Gasteiger partial charge in [-0.25, -0.2) is 14.3 Å². The summed E-state index contributed by atoms with van der Waals surface area (Å²) in [6.07, 6.45) is 1.60. The lowest BCUT2D eigenvalue weighted by Crippen LogP contribution is -2.26. The molecule has 0 saturated heterocycles. The van der Waals surface area contributed by atoms with Crippen LogP contribution in [0.2, 0.25) is 0 Å². The molecule has 7 nitrogen and oxygen atoms in total. The molecule has 0 atom stereocenters. The lowest BCUT2D eigenvalue weighted by atomic mass is 10.1. The van der Waals surface area contributed by atoms with Gasteiger partial charge in [-0.2, -0.15) is 18.3 Å². The van der Waals surface area contributed by atoms with E-state index in [0.717, 1.165) is 6.07 Å². The van der Waals surface area contributed by atoms with Crippen molar-refractivity contribution in [3.8, 4) is 5.69 Å². The van der Waals surface area contributed by atoms with Crippen LogP contribution in [-0.4, -0.2) is 35.9 Å². The molecule has 0 N–H and O–H groups in total. The maximum atomic E-state index is 12.9. The first-order valence-electron chi connectivity index (χ1n) is 8.96. The highest BCUT2D eigenvalue weighted by Crippen LogP contribution is 2.30. The van der Waals surface area contributed by atoms with Crippen molar-refractivity contribution < 1.29 is 32.2 Å². The highest BCUT2D eigenvalue weighted by atomic mass is 19.4. The molecular formula is C21H18F3N3O4. The largest absolute Gasteiger partial charge is 0.465 e. The summed E-state index contributed by atoms with van der Waals surface area (Å²) >= 11 is 0. The van der Waals surface area contributed by atoms with Crippen LogP contribution < -0.4 is 4.90 Å². The van der Waals surface area contributed by atoms with Gasteiger partial charge in [0.25, 0.3) is 0 Å². The van der Waals surface area contributed by atoms with Gasteiger partial charge in [0.05, 0.1) is 25.5 Å². The molecule has 10 heteroatoms. The van der Waals surface area contributed by atoms with Crippen LogP contribution in [0.5, 0.6) is 0 Å². The van der Waals surface area contributed by atoms with Gasteiger partial charge < -0.3 is 14.4 Å². The number of aromatic nitrogens is 2. The molecule has 0 fully saturated rings. The number of esters is 2. The van der Waals surface area contributed by atoms with Crippen LogP contribution in [0, 0.1) is 6.92 Å². The third kappa shape index (κ3) is 4.37. The second kappa shape index (κ2) is 8.50. The Morgan fingerprint density at radius 3 is 2.13 bits per heavy atom. The van der Waals surface area contributed by atoms with Crippen LogP contribution in [0.15, 0.2) is 66.0 Å². The molecule has 0 bridgehead atoms. The number of methoxy groups -OCH3 is 2. The Kier molecular flexibility index (Phi) is 6.00. The van der Waals surface area contributed by atoms with Gasteiger partial charge in [0.15, 0.2) is 5.69 Å². The fraction of sp³-hybridized carbons (Fsp3) is 0.190. The topological polar surface area (TPSA) is 73.7 Å². The first kappa shape index (κ1) is 21.9. The third-order valence-corrected chi connectivity index (χ3v) is 4.44. The van der Waals surface area contributed by atoms with E-state index >= 15 is 0 Å². The van der Waals surface area contributed by atoms with Gasteiger partial charge in [-0.3, -0.25) is 0 Å². The molecule has 1 aromatic carbocycles. The van der Waals surface area contributed by atoms with E-state index in [1.165, 1.54) is 36.8 Å². The summed E-state index contributed by atoms with van der Waals surface area (Å²) in [5, 5.41) is 3.62. The number of carbonyl (C=O) groups is 2. The number of aryl methyl sites for hydroxylation is 1. The summed E-state index contributed by atoms with van der Waals surface area (Å²) in [6, 6.07) is 7.22. The second-order valence-corrected chi connectivity index (χ2v) is 6.41. The van der Waals surface area contributed by atoms with Crippen LogP contribution in [0.4, 0.5) is 18.9 Å². The Balaban J connectivity index is 2.04. The first-order valence-corrected chi connectivity index (χ1v) is 8.96. The Morgan fingerprint density at radius 2 is 1.58 bits per heavy atom. The predicted octanol–water partition coefficient (Wildman–Crippen LogP) is 3.69. The van der Waals surface area contributed by atoms with Crippen LogP contribution in [0.3, 0.4) is 0 Å². The molecule has 0 saturated carbocycles. The van der Waals surface area contributed by atoms with E-state index in [1.807, 2.05) is 0 Å². The van der Waals surface area contributed by atoms with Gasteiger partial charge in [-0.15, -0.1) is 0 Å². The van der Waals surface area contributed by atoms with Gasteiger partial charge in [-0.05, 0) is 49.4 Å². The molecule has 0 unspecified atom stereocenters. The van der Waals surface area contributed by atoms with Crippen molar-refractivity contribution in [2.75, 3.05) is 19.1 Å². The van der Waals surface area contributed by atoms with Gasteiger partial charge >= 0.3 is 18.1 Å². The predicted molar refractivity (Wildman–Crippen MR) is 105 cm³/mol. The van der Waals surface area contributed by atoms with Gasteiger partial charge in [0.2, 0.25) is 0 Å². The number of nitrogens with zero attached hydrogens (tertiary/aromatic N) is 3. The SMILES string of the molecule is COC(=O)C1=C(C(=O)OC)N(c2ccc(-n3nc(C(F)(F)F)cc3C)cc2)C=CC=C1. The van der Waals surface area contributed by atoms with E-state index in [-0.39, 0.29) is 11.3 Å². The number of halogens is 3. The lowest BCUT2D eigenvalue weighted by Gasteiger charge is -2.23. The van der Waals surface area contributed by atoms with Crippen LogP contribution in [0.25, 0.3) is 5.69 Å². The smallest absolute Gasteiger partial charge is 0.435 e. The van der Waals surface area contributed by atoms with Gasteiger partial charge in [0.1, 0.15) is 5.70 Å². The van der Waals surface area contributed by atoms with E-state index < -0.39 is 23.8 Å². The normalized spacial score (nSPS) is 13.9. The van der Waals surface area contributed by atoms with E-state index in [1.54, 1.807) is 42.6 Å². The maximum absolute atomic E-state index is 12.9. The zero-order valence-corrected chi connectivity index (χ0v) is 16.8. The molecule has 1 aromatic heterocycles. The molecule has 0 aliphatic carbocycles. The fourth-order valence-electron chi connectivity index (χ4n) is 2.99. The van der Waals surface area contributed by atoms with Crippen molar-refractivity contribution in [3.63, 3.8) is 0 Å². The summed E-state index contributed by atoms with van der Waals surface area (Å²) in [5.74, 6) is -1.49. The van der Waals surface area contributed by atoms with Crippen molar-refractivity contribution in [1.29, 1.82) is 0 Å². The number of anilines is 1. The fourth-order valence-corrected chi connectivity index (χ4v) is 2.99. The van der Waals surface area contributed by atoms with Gasteiger partial charge in [-0.1, -0.05) is 6.08 Å². The maximum Gasteiger partial charge on any atom is 0.435 e. The van der Waals surface area contributed by atoms with E-state index in [2.05, 4.69) is 5.10 Å². The number of benzene rings is 1. The number of rotatable bonds is 4. The second-order valence-electron chi connectivity index (χ2n) is 6.41. The Morgan fingerprint density at radius 1 is 0.968 bits per heavy atom. The van der Waals surface area contributed by atoms with Crippen LogP contribution in [0.1, 0.15) is 11.4 Å². The molecule has 3 rings (SSSR count). The molecule has 0 radical (unpaired) electrons. The average Bonchev–Trinajstić information content (AvgIpc) is 3.01. The summed E-state index contributed by atoms with van der Waals surface area (Å²) in [7, 11) is 2.37. The molecule has 1 aliphatic heterocycles. The van der Waals surface area contributed by atoms with Crippen LogP contribution in [-0.2, 0) is 25.2 Å². The molecule has 0 spiro atoms. The minimum atomic E-state index is -4.55. The molecule has 2 aromatic rings. The van der Waals surface area contributed by atoms with E-state index in [0.29, 0.717) is 17.1 Å². The van der Waals surface area contributed by atoms with Crippen molar-refractivity contribution in [2.24, 2.45) is 0 Å². The third-order valence-electron chi connectivity index (χ3n) is 4.44. The highest BCUT2D eigenvalue weighted by molar-refractivity contribution is 6.05. The number of carbonyl (C=O) groups excluding carboxylic acids is 2. The minimum absolute atomic E-state index is 0.0128. The molecule has 0 amide bonds. The Bertz CT molecular complexity index is 1100. The summed E-state index contributed by atoms with van der Waals surface area (Å²) in [5.41, 5.74) is 0.0935. The van der Waals surface area contributed by atoms with Crippen molar-refractivity contribution >= 4 is 17.6 Å². The van der Waals surface area contributed by atoms with Gasteiger partial charge in [0, 0.05) is 17.6 Å². The van der Waals surface area contributed by atoms with Crippen LogP contribution >= 0.6 is 0 Å². The zero-order valence-electron chi connectivity index (χ0n) is 16.8. The number of ether oxygens (including phenoxy) is 2. The monoisotopic (exact) mass is 433 g/mol. The Hall–Kier alpha value is -3.82. The molecule has 162 valence electrons. The summed E-state index contributed by atoms with van der Waals surface area (Å²) < 4.78 is 49.6. The quantitative estimate of drug-likeness (QED) is 0.685. The summed E-state index contributed by atoms with van der Waals surface area (Å²) in [6.45, 7) is 1.51. The van der Waals surface area contributed by atoms with E-state index in [9.17, 15) is 22.8 Å². The lowest BCUT2D eigenvalue weighted by molar-refractivity contribution is -0.141. The Labute approximate surface area is 175 Å². The van der Waals surface area contributed by atoms with E-state index in [4.69, 9.17) is 9.47 Å². The molecular weight excluding hydrogens is 415 g/mol. The zero-order chi connectivity index (χ0) is 22.8. The van der Waals surface area contributed by atoms with Crippen molar-refractivity contribution in [3.05, 3.63) is 77.4 Å². The molecule has 31 heavy (non-hydrogen) atoms. The number of hydrogen-bond donors (Lipinski definition) is 0. The number of allylic oxidation sites excluding steroid dienone is 2. The standard InChI is InChI=1S/C21H18F3N3O4/c1-13-12-17(21(22,23)24)25-27(13)15-9-7-14(8-10-15)26-11-5-4-6-16(19(28)30-2)18(26)20(29)31-3/h4-12H,1-3H3. The number of hydrogen-bond acceptors (Lipinski definition) is 6. The highest BCUT2D eigenvalue weighted by Gasteiger charge is 2.34. The summed E-state index contributed by atoms with van der Waals surface area (Å²) in [4.78, 5) is 26.1. The molecule has 1 aliphatic rings. The van der Waals surface area contributed by atoms with Crippen molar-refractivity contribution in [1.82, 2.24) is 9.78 Å².